The minimum Gasteiger partial charge on any atom is -0.339 e. The summed E-state index contributed by atoms with van der Waals surface area (Å²) in [7, 11) is 0. The third-order valence-corrected chi connectivity index (χ3v) is 3.44. The van der Waals surface area contributed by atoms with E-state index in [0.717, 1.165) is 17.6 Å². The number of aryl methyl sites for hydroxylation is 1. The molecule has 1 fully saturated rings. The maximum atomic E-state index is 12.1. The number of aromatic nitrogens is 1. The molecular weight excluding hydrogens is 298 g/mol. The molecule has 1 saturated heterocycles. The number of carbonyl (C=O) groups is 1. The first-order chi connectivity index (χ1) is 8.58. The van der Waals surface area contributed by atoms with Gasteiger partial charge >= 0.3 is 0 Å². The van der Waals surface area contributed by atoms with Crippen LogP contribution in [0.5, 0.6) is 0 Å². The van der Waals surface area contributed by atoms with Gasteiger partial charge in [-0.15, -0.1) is 0 Å². The highest BCUT2D eigenvalue weighted by atomic mass is 79.9. The average Bonchev–Trinajstić information content (AvgIpc) is 2.36. The summed E-state index contributed by atoms with van der Waals surface area (Å²) < 4.78 is 2.27. The largest absolute Gasteiger partial charge is 0.339 e. The number of hydrogen-bond donors (Lipinski definition) is 1. The van der Waals surface area contributed by atoms with Crippen LogP contribution in [-0.2, 0) is 11.3 Å². The fourth-order valence-electron chi connectivity index (χ4n) is 2.02. The van der Waals surface area contributed by atoms with Crippen molar-refractivity contribution in [3.63, 3.8) is 0 Å². The number of carbonyl (C=O) groups excluding carboxylic acids is 1. The summed E-state index contributed by atoms with van der Waals surface area (Å²) in [5.41, 5.74) is 0.527. The van der Waals surface area contributed by atoms with Crippen LogP contribution in [0, 0.1) is 6.92 Å². The van der Waals surface area contributed by atoms with Gasteiger partial charge in [0.25, 0.3) is 5.56 Å². The fourth-order valence-corrected chi connectivity index (χ4v) is 2.61. The summed E-state index contributed by atoms with van der Waals surface area (Å²) in [6, 6.07) is 1.76. The Bertz CT molecular complexity index is 507. The highest BCUT2D eigenvalue weighted by Gasteiger charge is 2.17. The van der Waals surface area contributed by atoms with Crippen molar-refractivity contribution in [1.82, 2.24) is 14.8 Å². The van der Waals surface area contributed by atoms with E-state index in [0.29, 0.717) is 18.7 Å². The molecule has 1 N–H and O–H groups in total. The second kappa shape index (κ2) is 5.67. The van der Waals surface area contributed by atoms with E-state index in [4.69, 9.17) is 0 Å². The summed E-state index contributed by atoms with van der Waals surface area (Å²) in [6.07, 6.45) is 1.66. The second-order valence-corrected chi connectivity index (χ2v) is 5.32. The maximum Gasteiger partial charge on any atom is 0.253 e. The summed E-state index contributed by atoms with van der Waals surface area (Å²) in [6.45, 7) is 4.91. The Hall–Kier alpha value is -1.14. The molecule has 0 saturated carbocycles. The Labute approximate surface area is 114 Å². The first kappa shape index (κ1) is 13.3. The Morgan fingerprint density at radius 1 is 1.44 bits per heavy atom. The zero-order chi connectivity index (χ0) is 13.1. The highest BCUT2D eigenvalue weighted by molar-refractivity contribution is 9.10. The van der Waals surface area contributed by atoms with E-state index in [2.05, 4.69) is 21.2 Å². The van der Waals surface area contributed by atoms with Crippen LogP contribution >= 0.6 is 15.9 Å². The van der Waals surface area contributed by atoms with Gasteiger partial charge < -0.3 is 14.8 Å². The number of piperazine rings is 1. The molecule has 0 aliphatic carbocycles. The fraction of sp³-hybridized carbons (Fsp3) is 0.500. The SMILES string of the molecule is Cc1cc(Br)cn(CC(=O)N2CCNCC2)c1=O. The van der Waals surface area contributed by atoms with Crippen LogP contribution in [0.3, 0.4) is 0 Å². The molecule has 1 aromatic heterocycles. The van der Waals surface area contributed by atoms with Crippen molar-refractivity contribution in [2.24, 2.45) is 0 Å². The molecule has 2 rings (SSSR count). The molecule has 0 bridgehead atoms. The Morgan fingerprint density at radius 3 is 2.78 bits per heavy atom. The van der Waals surface area contributed by atoms with Crippen LogP contribution in [0.2, 0.25) is 0 Å². The normalized spacial score (nSPS) is 15.8. The lowest BCUT2D eigenvalue weighted by molar-refractivity contribution is -0.132. The monoisotopic (exact) mass is 313 g/mol. The van der Waals surface area contributed by atoms with E-state index >= 15 is 0 Å². The van der Waals surface area contributed by atoms with E-state index in [9.17, 15) is 9.59 Å². The average molecular weight is 314 g/mol. The Morgan fingerprint density at radius 2 is 2.11 bits per heavy atom. The first-order valence-electron chi connectivity index (χ1n) is 5.93. The molecule has 0 spiro atoms. The lowest BCUT2D eigenvalue weighted by atomic mass is 10.3. The lowest BCUT2D eigenvalue weighted by Crippen LogP contribution is -2.48. The van der Waals surface area contributed by atoms with Gasteiger partial charge in [0, 0.05) is 42.4 Å². The van der Waals surface area contributed by atoms with Crippen molar-refractivity contribution in [2.75, 3.05) is 26.2 Å². The molecule has 1 amide bonds. The first-order valence-corrected chi connectivity index (χ1v) is 6.72. The molecule has 0 aromatic carbocycles. The van der Waals surface area contributed by atoms with Crippen LogP contribution in [0.4, 0.5) is 0 Å². The van der Waals surface area contributed by atoms with Crippen LogP contribution in [0.25, 0.3) is 0 Å². The molecule has 1 aliphatic heterocycles. The number of nitrogens with zero attached hydrogens (tertiary/aromatic N) is 2. The molecule has 0 atom stereocenters. The van der Waals surface area contributed by atoms with Gasteiger partial charge in [-0.25, -0.2) is 0 Å². The van der Waals surface area contributed by atoms with E-state index in [1.165, 1.54) is 4.57 Å². The lowest BCUT2D eigenvalue weighted by Gasteiger charge is -2.27. The van der Waals surface area contributed by atoms with Crippen molar-refractivity contribution in [1.29, 1.82) is 0 Å². The third-order valence-electron chi connectivity index (χ3n) is 3.01. The van der Waals surface area contributed by atoms with Gasteiger partial charge in [-0.05, 0) is 28.9 Å². The Balaban J connectivity index is 2.13. The van der Waals surface area contributed by atoms with Crippen molar-refractivity contribution < 1.29 is 4.79 Å². The van der Waals surface area contributed by atoms with Crippen LogP contribution in [-0.4, -0.2) is 41.6 Å². The van der Waals surface area contributed by atoms with E-state index in [-0.39, 0.29) is 18.0 Å². The van der Waals surface area contributed by atoms with E-state index in [1.807, 2.05) is 0 Å². The summed E-state index contributed by atoms with van der Waals surface area (Å²) in [5, 5.41) is 3.19. The van der Waals surface area contributed by atoms with Crippen molar-refractivity contribution in [2.45, 2.75) is 13.5 Å². The molecule has 0 radical (unpaired) electrons. The van der Waals surface area contributed by atoms with Gasteiger partial charge in [-0.3, -0.25) is 9.59 Å². The van der Waals surface area contributed by atoms with Crippen LogP contribution in [0.15, 0.2) is 21.5 Å². The van der Waals surface area contributed by atoms with Gasteiger partial charge in [-0.1, -0.05) is 0 Å². The summed E-state index contributed by atoms with van der Waals surface area (Å²) in [5.74, 6) is -0.00361. The summed E-state index contributed by atoms with van der Waals surface area (Å²) >= 11 is 3.34. The quantitative estimate of drug-likeness (QED) is 0.857. The minimum atomic E-state index is -0.110. The molecule has 2 heterocycles. The van der Waals surface area contributed by atoms with E-state index in [1.54, 1.807) is 24.1 Å². The smallest absolute Gasteiger partial charge is 0.253 e. The number of halogens is 1. The molecular formula is C12H16BrN3O2. The van der Waals surface area contributed by atoms with Gasteiger partial charge in [0.1, 0.15) is 6.54 Å². The predicted octanol–water partition coefficient (Wildman–Crippen LogP) is 0.351. The third kappa shape index (κ3) is 3.00. The Kier molecular flexibility index (Phi) is 4.19. The van der Waals surface area contributed by atoms with E-state index < -0.39 is 0 Å². The molecule has 1 aromatic rings. The maximum absolute atomic E-state index is 12.1. The van der Waals surface area contributed by atoms with Gasteiger partial charge in [0.05, 0.1) is 0 Å². The number of pyridine rings is 1. The molecule has 0 unspecified atom stereocenters. The molecule has 6 heteroatoms. The summed E-state index contributed by atoms with van der Waals surface area (Å²) in [4.78, 5) is 25.8. The highest BCUT2D eigenvalue weighted by Crippen LogP contribution is 2.08. The number of hydrogen-bond acceptors (Lipinski definition) is 3. The van der Waals surface area contributed by atoms with Crippen molar-refractivity contribution in [3.05, 3.63) is 32.7 Å². The van der Waals surface area contributed by atoms with Gasteiger partial charge in [0.15, 0.2) is 0 Å². The van der Waals surface area contributed by atoms with Gasteiger partial charge in [-0.2, -0.15) is 0 Å². The zero-order valence-corrected chi connectivity index (χ0v) is 11.9. The van der Waals surface area contributed by atoms with Crippen LogP contribution < -0.4 is 10.9 Å². The van der Waals surface area contributed by atoms with Crippen molar-refractivity contribution >= 4 is 21.8 Å². The molecule has 5 nitrogen and oxygen atoms in total. The van der Waals surface area contributed by atoms with Gasteiger partial charge in [0.2, 0.25) is 5.91 Å². The van der Waals surface area contributed by atoms with Crippen LogP contribution in [0.1, 0.15) is 5.56 Å². The molecule has 18 heavy (non-hydrogen) atoms. The standard InChI is InChI=1S/C12H16BrN3O2/c1-9-6-10(13)7-16(12(9)18)8-11(17)15-4-2-14-3-5-15/h6-7,14H,2-5,8H2,1H3. The topological polar surface area (TPSA) is 54.3 Å². The second-order valence-electron chi connectivity index (χ2n) is 4.41. The zero-order valence-electron chi connectivity index (χ0n) is 10.3. The number of rotatable bonds is 2. The van der Waals surface area contributed by atoms with Crippen molar-refractivity contribution in [3.8, 4) is 0 Å². The number of amides is 1. The molecule has 98 valence electrons. The number of nitrogens with one attached hydrogen (secondary N) is 1. The molecule has 1 aliphatic rings. The predicted molar refractivity (Wildman–Crippen MR) is 72.6 cm³/mol. The minimum absolute atomic E-state index is 0.00361.